The molecule has 0 unspecified atom stereocenters. The molecule has 0 saturated heterocycles. The number of hydrogen-bond donors (Lipinski definition) is 0. The van der Waals surface area contributed by atoms with Crippen molar-refractivity contribution in [3.05, 3.63) is 169 Å². The minimum Gasteiger partial charge on any atom is -0.236 e. The predicted octanol–water partition coefficient (Wildman–Crippen LogP) is 10.0. The molecule has 1 aliphatic carbocycles. The Hall–Kier alpha value is -3.62. The molecule has 0 saturated carbocycles. The molecular formula is C42H36AuNPS+. The van der Waals surface area contributed by atoms with Crippen LogP contribution in [0.1, 0.15) is 37.8 Å². The molecule has 1 aromatic heterocycles. The molecule has 7 aromatic rings. The average Bonchev–Trinajstić information content (AvgIpc) is 3.67. The van der Waals surface area contributed by atoms with Crippen molar-refractivity contribution in [3.63, 3.8) is 0 Å². The molecule has 0 spiro atoms. The van der Waals surface area contributed by atoms with E-state index in [0.29, 0.717) is 0 Å². The molecule has 1 heterocycles. The molecule has 0 radical (unpaired) electrons. The van der Waals surface area contributed by atoms with Gasteiger partial charge in [0.1, 0.15) is 20.9 Å². The molecule has 0 atom stereocenters. The summed E-state index contributed by atoms with van der Waals surface area (Å²) < 4.78 is 1.25. The summed E-state index contributed by atoms with van der Waals surface area (Å²) >= 11 is 1.78. The van der Waals surface area contributed by atoms with E-state index in [2.05, 4.69) is 166 Å². The number of thiazole rings is 1. The Bertz CT molecular complexity index is 1910. The van der Waals surface area contributed by atoms with Crippen molar-refractivity contribution in [2.75, 3.05) is 0 Å². The molecule has 46 heavy (non-hydrogen) atoms. The average molecular weight is 815 g/mol. The molecule has 0 aliphatic heterocycles. The number of hydrogen-bond acceptors (Lipinski definition) is 2. The second-order valence-corrected chi connectivity index (χ2v) is 15.0. The van der Waals surface area contributed by atoms with Crippen molar-refractivity contribution >= 4 is 45.4 Å². The van der Waals surface area contributed by atoms with Gasteiger partial charge in [-0.2, -0.15) is 24.3 Å². The second-order valence-electron chi connectivity index (χ2n) is 11.5. The normalized spacial score (nSPS) is 12.5. The summed E-state index contributed by atoms with van der Waals surface area (Å²) in [4.78, 5) is 4.87. The molecule has 6 aromatic carbocycles. The van der Waals surface area contributed by atoms with Gasteiger partial charge in [-0.25, -0.2) is 4.98 Å². The van der Waals surface area contributed by atoms with Gasteiger partial charge >= 0.3 is 22.4 Å². The Morgan fingerprint density at radius 3 is 1.74 bits per heavy atom. The molecule has 1 aliphatic rings. The van der Waals surface area contributed by atoms with Gasteiger partial charge in [0.15, 0.2) is 0 Å². The maximum absolute atomic E-state index is 4.87. The Labute approximate surface area is 293 Å². The van der Waals surface area contributed by atoms with Crippen molar-refractivity contribution in [3.8, 4) is 21.7 Å². The van der Waals surface area contributed by atoms with Crippen LogP contribution in [0.15, 0.2) is 152 Å². The topological polar surface area (TPSA) is 12.9 Å². The first-order chi connectivity index (χ1) is 22.2. The van der Waals surface area contributed by atoms with Crippen LogP contribution in [-0.2, 0) is 27.8 Å². The summed E-state index contributed by atoms with van der Waals surface area (Å²) in [5.41, 5.74) is 8.04. The van der Waals surface area contributed by atoms with Gasteiger partial charge in [-0.3, -0.25) is 0 Å². The number of benzene rings is 6. The van der Waals surface area contributed by atoms with Gasteiger partial charge in [-0.1, -0.05) is 106 Å². The molecule has 4 heteroatoms. The zero-order chi connectivity index (χ0) is 30.6. The largest absolute Gasteiger partial charge is 1.00 e. The van der Waals surface area contributed by atoms with E-state index in [4.69, 9.17) is 4.98 Å². The Morgan fingerprint density at radius 1 is 0.630 bits per heavy atom. The van der Waals surface area contributed by atoms with Crippen molar-refractivity contribution in [2.24, 2.45) is 0 Å². The monoisotopic (exact) mass is 814 g/mol. The van der Waals surface area contributed by atoms with Crippen LogP contribution in [0.4, 0.5) is 0 Å². The molecule has 0 fully saturated rings. The summed E-state index contributed by atoms with van der Waals surface area (Å²) in [5.74, 6) is 0. The number of nitrogens with zero attached hydrogens (tertiary/aromatic N) is 1. The Morgan fingerprint density at radius 2 is 1.17 bits per heavy atom. The quantitative estimate of drug-likeness (QED) is 0.0926. The van der Waals surface area contributed by atoms with E-state index in [1.807, 2.05) is 6.07 Å². The smallest absolute Gasteiger partial charge is 0.236 e. The van der Waals surface area contributed by atoms with E-state index in [9.17, 15) is 0 Å². The zero-order valence-electron chi connectivity index (χ0n) is 26.0. The molecular weight excluding hydrogens is 778 g/mol. The maximum Gasteiger partial charge on any atom is 1.00 e. The fraction of sp³-hybridized carbons (Fsp3) is 0.119. The minimum absolute atomic E-state index is 0. The SMILES string of the molecule is CCC1(CC)c2c[c-]ccc2-c2ccc(-c3nc4ccccc4s3)cc21.[Au+].c1ccc([PH+](c2ccccc2)c2ccccc2)cc1. The fourth-order valence-electron chi connectivity index (χ4n) is 6.84. The summed E-state index contributed by atoms with van der Waals surface area (Å²) in [5, 5.41) is 5.41. The van der Waals surface area contributed by atoms with Crippen LogP contribution in [-0.4, -0.2) is 4.98 Å². The van der Waals surface area contributed by atoms with Gasteiger partial charge in [0.2, 0.25) is 0 Å². The molecule has 8 rings (SSSR count). The van der Waals surface area contributed by atoms with Crippen molar-refractivity contribution in [2.45, 2.75) is 32.1 Å². The van der Waals surface area contributed by atoms with Crippen LogP contribution in [0.5, 0.6) is 0 Å². The molecule has 230 valence electrons. The summed E-state index contributed by atoms with van der Waals surface area (Å²) in [6.45, 7) is 4.61. The maximum atomic E-state index is 4.87. The van der Waals surface area contributed by atoms with Crippen LogP contribution in [0.3, 0.4) is 0 Å². The van der Waals surface area contributed by atoms with E-state index < -0.39 is 7.92 Å². The van der Waals surface area contributed by atoms with Gasteiger partial charge in [0.25, 0.3) is 0 Å². The van der Waals surface area contributed by atoms with Crippen LogP contribution >= 0.6 is 19.3 Å². The third kappa shape index (κ3) is 6.09. The van der Waals surface area contributed by atoms with Crippen molar-refractivity contribution in [1.82, 2.24) is 4.98 Å². The summed E-state index contributed by atoms with van der Waals surface area (Å²) in [6.07, 6.45) is 2.20. The van der Waals surface area contributed by atoms with E-state index in [-0.39, 0.29) is 27.8 Å². The first kappa shape index (κ1) is 32.3. The van der Waals surface area contributed by atoms with Crippen LogP contribution in [0.25, 0.3) is 31.9 Å². The minimum atomic E-state index is -0.877. The second kappa shape index (κ2) is 14.4. The number of fused-ring (bicyclic) bond motifs is 4. The Balaban J connectivity index is 0.000000166. The molecule has 0 N–H and O–H groups in total. The first-order valence-electron chi connectivity index (χ1n) is 15.8. The van der Waals surface area contributed by atoms with Gasteiger partial charge in [0.05, 0.1) is 18.1 Å². The molecule has 0 bridgehead atoms. The number of rotatable bonds is 6. The zero-order valence-corrected chi connectivity index (χ0v) is 30.0. The molecule has 1 nitrogen and oxygen atoms in total. The standard InChI is InChI=1S/C24H20NS.C18H15P.Au/c1-3-24(4-2)19-10-6-5-9-17(19)18-14-13-16(15-20(18)24)23-25-21-11-7-8-12-22(21)26-23;1-4-10-16(11-5-1)19(17-12-6-2-7-13-17)18-14-8-3-9-15-18;/h5,7-15H,3-4H2,1-2H3;1-15H;/q-1;;+1/p+1. The van der Waals surface area contributed by atoms with Gasteiger partial charge in [0, 0.05) is 5.56 Å². The molecule has 0 amide bonds. The van der Waals surface area contributed by atoms with Gasteiger partial charge < -0.3 is 0 Å². The van der Waals surface area contributed by atoms with E-state index in [1.54, 1.807) is 11.3 Å². The fourth-order valence-corrected chi connectivity index (χ4v) is 10.4. The third-order valence-electron chi connectivity index (χ3n) is 9.14. The summed E-state index contributed by atoms with van der Waals surface area (Å²) in [7, 11) is -0.877. The third-order valence-corrected chi connectivity index (χ3v) is 13.0. The number of para-hydroxylation sites is 1. The van der Waals surface area contributed by atoms with Crippen molar-refractivity contribution in [1.29, 1.82) is 0 Å². The van der Waals surface area contributed by atoms with Crippen molar-refractivity contribution < 1.29 is 22.4 Å². The van der Waals surface area contributed by atoms with Gasteiger partial charge in [-0.05, 0) is 71.1 Å². The van der Waals surface area contributed by atoms with Gasteiger partial charge in [-0.15, -0.1) is 22.5 Å². The van der Waals surface area contributed by atoms with Crippen LogP contribution in [0, 0.1) is 6.07 Å². The first-order valence-corrected chi connectivity index (χ1v) is 18.1. The van der Waals surface area contributed by atoms with E-state index in [0.717, 1.165) is 23.4 Å². The Kier molecular flexibility index (Phi) is 10.1. The summed E-state index contributed by atoms with van der Waals surface area (Å²) in [6, 6.07) is 57.6. The van der Waals surface area contributed by atoms with Crippen LogP contribution < -0.4 is 15.9 Å². The van der Waals surface area contributed by atoms with Crippen LogP contribution in [0.2, 0.25) is 0 Å². The number of aromatic nitrogens is 1. The predicted molar refractivity (Wildman–Crippen MR) is 197 cm³/mol. The van der Waals surface area contributed by atoms with E-state index in [1.165, 1.54) is 48.4 Å². The van der Waals surface area contributed by atoms with E-state index >= 15 is 0 Å².